The number of rotatable bonds is 5. The van der Waals surface area contributed by atoms with Crippen molar-refractivity contribution in [2.75, 3.05) is 7.11 Å². The SMILES string of the molecule is COc1nc(C(F)(F)F)ccc1-c1cnn(CCC(=O)O)c1. The summed E-state index contributed by atoms with van der Waals surface area (Å²) < 4.78 is 44.2. The van der Waals surface area contributed by atoms with E-state index in [-0.39, 0.29) is 18.8 Å². The molecule has 0 fully saturated rings. The van der Waals surface area contributed by atoms with Crippen molar-refractivity contribution in [1.29, 1.82) is 0 Å². The molecule has 0 saturated heterocycles. The smallest absolute Gasteiger partial charge is 0.433 e. The number of aliphatic carboxylic acids is 1. The predicted molar refractivity (Wildman–Crippen MR) is 69.3 cm³/mol. The van der Waals surface area contributed by atoms with Gasteiger partial charge in [0.25, 0.3) is 0 Å². The molecule has 0 aliphatic carbocycles. The quantitative estimate of drug-likeness (QED) is 0.917. The van der Waals surface area contributed by atoms with Crippen molar-refractivity contribution in [2.24, 2.45) is 0 Å². The lowest BCUT2D eigenvalue weighted by Gasteiger charge is -2.10. The number of carboxylic acid groups (broad SMARTS) is 1. The second-order valence-electron chi connectivity index (χ2n) is 4.39. The van der Waals surface area contributed by atoms with Gasteiger partial charge in [-0.25, -0.2) is 4.98 Å². The number of methoxy groups -OCH3 is 1. The summed E-state index contributed by atoms with van der Waals surface area (Å²) in [6.07, 6.45) is -1.73. The van der Waals surface area contributed by atoms with Gasteiger partial charge in [-0.15, -0.1) is 0 Å². The first-order chi connectivity index (χ1) is 10.3. The van der Waals surface area contributed by atoms with Crippen LogP contribution in [-0.4, -0.2) is 33.0 Å². The van der Waals surface area contributed by atoms with Crippen LogP contribution < -0.4 is 4.74 Å². The second kappa shape index (κ2) is 6.04. The molecule has 2 rings (SSSR count). The molecular weight excluding hydrogens is 303 g/mol. The lowest BCUT2D eigenvalue weighted by Crippen LogP contribution is -2.08. The number of aryl methyl sites for hydroxylation is 1. The van der Waals surface area contributed by atoms with Crippen molar-refractivity contribution in [3.8, 4) is 17.0 Å². The van der Waals surface area contributed by atoms with Crippen molar-refractivity contribution in [1.82, 2.24) is 14.8 Å². The molecule has 0 unspecified atom stereocenters. The topological polar surface area (TPSA) is 77.2 Å². The number of carbonyl (C=O) groups is 1. The van der Waals surface area contributed by atoms with E-state index in [0.29, 0.717) is 11.1 Å². The third-order valence-corrected chi connectivity index (χ3v) is 2.84. The maximum absolute atomic E-state index is 12.6. The van der Waals surface area contributed by atoms with Gasteiger partial charge >= 0.3 is 12.1 Å². The first-order valence-electron chi connectivity index (χ1n) is 6.18. The summed E-state index contributed by atoms with van der Waals surface area (Å²) >= 11 is 0. The van der Waals surface area contributed by atoms with Gasteiger partial charge in [0.1, 0.15) is 5.69 Å². The number of aromatic nitrogens is 3. The maximum Gasteiger partial charge on any atom is 0.433 e. The average molecular weight is 315 g/mol. The number of pyridine rings is 1. The zero-order valence-electron chi connectivity index (χ0n) is 11.5. The van der Waals surface area contributed by atoms with Gasteiger partial charge in [0.05, 0.1) is 26.3 Å². The molecule has 2 aromatic heterocycles. The van der Waals surface area contributed by atoms with E-state index >= 15 is 0 Å². The standard InChI is InChI=1S/C13H12F3N3O3/c1-22-12-9(2-3-10(18-12)13(14,15)16)8-6-17-19(7-8)5-4-11(20)21/h2-3,6-7H,4-5H2,1H3,(H,20,21). The van der Waals surface area contributed by atoms with E-state index in [0.717, 1.165) is 6.07 Å². The normalized spacial score (nSPS) is 11.5. The van der Waals surface area contributed by atoms with Crippen LogP contribution in [0.3, 0.4) is 0 Å². The summed E-state index contributed by atoms with van der Waals surface area (Å²) in [7, 11) is 1.22. The molecule has 2 heterocycles. The van der Waals surface area contributed by atoms with Crippen molar-refractivity contribution in [3.05, 3.63) is 30.2 Å². The highest BCUT2D eigenvalue weighted by Gasteiger charge is 2.33. The number of carboxylic acids is 1. The largest absolute Gasteiger partial charge is 0.481 e. The third kappa shape index (κ3) is 3.54. The van der Waals surface area contributed by atoms with E-state index in [9.17, 15) is 18.0 Å². The van der Waals surface area contributed by atoms with E-state index in [1.54, 1.807) is 0 Å². The highest BCUT2D eigenvalue weighted by Crippen LogP contribution is 2.34. The van der Waals surface area contributed by atoms with E-state index in [4.69, 9.17) is 9.84 Å². The van der Waals surface area contributed by atoms with Crippen LogP contribution in [0.5, 0.6) is 5.88 Å². The Morgan fingerprint density at radius 2 is 2.14 bits per heavy atom. The van der Waals surface area contributed by atoms with Crippen LogP contribution in [0.25, 0.3) is 11.1 Å². The zero-order valence-corrected chi connectivity index (χ0v) is 11.5. The van der Waals surface area contributed by atoms with Crippen LogP contribution >= 0.6 is 0 Å². The van der Waals surface area contributed by atoms with Crippen LogP contribution in [0.1, 0.15) is 12.1 Å². The monoisotopic (exact) mass is 315 g/mol. The number of alkyl halides is 3. The molecule has 118 valence electrons. The Morgan fingerprint density at radius 3 is 2.73 bits per heavy atom. The zero-order chi connectivity index (χ0) is 16.3. The van der Waals surface area contributed by atoms with Crippen molar-refractivity contribution < 1.29 is 27.8 Å². The summed E-state index contributed by atoms with van der Waals surface area (Å²) in [6.45, 7) is 0.158. The van der Waals surface area contributed by atoms with E-state index < -0.39 is 17.8 Å². The molecule has 0 amide bonds. The van der Waals surface area contributed by atoms with Crippen molar-refractivity contribution in [3.63, 3.8) is 0 Å². The highest BCUT2D eigenvalue weighted by atomic mass is 19.4. The molecule has 22 heavy (non-hydrogen) atoms. The molecule has 0 spiro atoms. The summed E-state index contributed by atoms with van der Waals surface area (Å²) in [4.78, 5) is 13.9. The maximum atomic E-state index is 12.6. The minimum absolute atomic E-state index is 0.108. The molecule has 0 saturated carbocycles. The number of halogens is 3. The minimum Gasteiger partial charge on any atom is -0.481 e. The van der Waals surface area contributed by atoms with Crippen LogP contribution in [0.2, 0.25) is 0 Å². The van der Waals surface area contributed by atoms with Crippen LogP contribution in [0, 0.1) is 0 Å². The fourth-order valence-corrected chi connectivity index (χ4v) is 1.81. The van der Waals surface area contributed by atoms with Gasteiger partial charge in [-0.05, 0) is 12.1 Å². The molecule has 9 heteroatoms. The van der Waals surface area contributed by atoms with Crippen molar-refractivity contribution in [2.45, 2.75) is 19.1 Å². The van der Waals surface area contributed by atoms with Gasteiger partial charge in [0, 0.05) is 17.3 Å². The predicted octanol–water partition coefficient (Wildman–Crippen LogP) is 2.45. The van der Waals surface area contributed by atoms with Gasteiger partial charge in [-0.2, -0.15) is 18.3 Å². The number of hydrogen-bond acceptors (Lipinski definition) is 4. The second-order valence-corrected chi connectivity index (χ2v) is 4.39. The van der Waals surface area contributed by atoms with E-state index in [2.05, 4.69) is 10.1 Å². The summed E-state index contributed by atoms with van der Waals surface area (Å²) in [5.74, 6) is -1.14. The Hall–Kier alpha value is -2.58. The molecule has 0 atom stereocenters. The Morgan fingerprint density at radius 1 is 1.41 bits per heavy atom. The van der Waals surface area contributed by atoms with Gasteiger partial charge in [0.2, 0.25) is 5.88 Å². The number of hydrogen-bond donors (Lipinski definition) is 1. The summed E-state index contributed by atoms with van der Waals surface area (Å²) in [5.41, 5.74) is -0.216. The third-order valence-electron chi connectivity index (χ3n) is 2.84. The molecule has 0 aliphatic rings. The van der Waals surface area contributed by atoms with Gasteiger partial charge in [0.15, 0.2) is 0 Å². The molecule has 0 aliphatic heterocycles. The van der Waals surface area contributed by atoms with Gasteiger partial charge in [-0.1, -0.05) is 0 Å². The average Bonchev–Trinajstić information content (AvgIpc) is 2.92. The van der Waals surface area contributed by atoms with Gasteiger partial charge in [-0.3, -0.25) is 9.48 Å². The Labute approximate surface area is 123 Å². The Balaban J connectivity index is 2.30. The molecular formula is C13H12F3N3O3. The van der Waals surface area contributed by atoms with Crippen LogP contribution in [-0.2, 0) is 17.5 Å². The minimum atomic E-state index is -4.56. The van der Waals surface area contributed by atoms with Crippen LogP contribution in [0.4, 0.5) is 13.2 Å². The molecule has 0 bridgehead atoms. The molecule has 0 aromatic carbocycles. The summed E-state index contributed by atoms with van der Waals surface area (Å²) in [6, 6.07) is 2.10. The fourth-order valence-electron chi connectivity index (χ4n) is 1.81. The van der Waals surface area contributed by atoms with E-state index in [1.807, 2.05) is 0 Å². The van der Waals surface area contributed by atoms with E-state index in [1.165, 1.54) is 30.3 Å². The molecule has 2 aromatic rings. The number of nitrogens with zero attached hydrogens (tertiary/aromatic N) is 3. The van der Waals surface area contributed by atoms with Crippen molar-refractivity contribution >= 4 is 5.97 Å². The first kappa shape index (κ1) is 15.8. The Bertz CT molecular complexity index is 683. The van der Waals surface area contributed by atoms with Gasteiger partial charge < -0.3 is 9.84 Å². The summed E-state index contributed by atoms with van der Waals surface area (Å²) in [5, 5.41) is 12.6. The molecule has 0 radical (unpaired) electrons. The fraction of sp³-hybridized carbons (Fsp3) is 0.308. The Kier molecular flexibility index (Phi) is 4.34. The molecule has 1 N–H and O–H groups in total. The number of ether oxygens (including phenoxy) is 1. The lowest BCUT2D eigenvalue weighted by molar-refractivity contribution is -0.141. The highest BCUT2D eigenvalue weighted by molar-refractivity contribution is 5.68. The first-order valence-corrected chi connectivity index (χ1v) is 6.18. The molecule has 6 nitrogen and oxygen atoms in total. The van der Waals surface area contributed by atoms with Crippen LogP contribution in [0.15, 0.2) is 24.5 Å². The lowest BCUT2D eigenvalue weighted by atomic mass is 10.1.